The number of pyridine rings is 1. The predicted octanol–water partition coefficient (Wildman–Crippen LogP) is 2.62. The van der Waals surface area contributed by atoms with Crippen LogP contribution < -0.4 is 4.90 Å². The maximum atomic E-state index is 12.9. The molecule has 1 aromatic heterocycles. The van der Waals surface area contributed by atoms with E-state index in [1.807, 2.05) is 12.1 Å². The molecule has 1 aliphatic heterocycles. The molecule has 0 atom stereocenters. The Labute approximate surface area is 158 Å². The van der Waals surface area contributed by atoms with Gasteiger partial charge in [0.05, 0.1) is 9.82 Å². The standard InChI is InChI=1S/C18H22N4O4S/c1-14(2)15-5-7-16(8-6-15)27(25,26)21-12-10-20(11-13-21)18-17(22(23)24)4-3-9-19-18/h3-9,14H,10-13H2,1-2H3. The summed E-state index contributed by atoms with van der Waals surface area (Å²) in [5.41, 5.74) is 1.01. The lowest BCUT2D eigenvalue weighted by Crippen LogP contribution is -2.49. The molecule has 0 N–H and O–H groups in total. The largest absolute Gasteiger partial charge is 0.348 e. The number of hydrogen-bond donors (Lipinski definition) is 0. The smallest absolute Gasteiger partial charge is 0.311 e. The van der Waals surface area contributed by atoms with Gasteiger partial charge >= 0.3 is 5.69 Å². The van der Waals surface area contributed by atoms with Crippen molar-refractivity contribution in [3.8, 4) is 0 Å². The van der Waals surface area contributed by atoms with Crippen LogP contribution in [-0.4, -0.2) is 48.8 Å². The number of rotatable bonds is 5. The van der Waals surface area contributed by atoms with Gasteiger partial charge in [0.15, 0.2) is 0 Å². The van der Waals surface area contributed by atoms with E-state index in [1.165, 1.54) is 22.6 Å². The quantitative estimate of drug-likeness (QED) is 0.575. The normalized spacial score (nSPS) is 15.9. The van der Waals surface area contributed by atoms with Crippen molar-refractivity contribution in [2.24, 2.45) is 0 Å². The summed E-state index contributed by atoms with van der Waals surface area (Å²) in [6.07, 6.45) is 1.50. The van der Waals surface area contributed by atoms with Crippen molar-refractivity contribution in [3.63, 3.8) is 0 Å². The SMILES string of the molecule is CC(C)c1ccc(S(=O)(=O)N2CCN(c3ncccc3[N+](=O)[O-])CC2)cc1. The van der Waals surface area contributed by atoms with Gasteiger partial charge in [-0.1, -0.05) is 26.0 Å². The van der Waals surface area contributed by atoms with Crippen LogP contribution in [0.5, 0.6) is 0 Å². The van der Waals surface area contributed by atoms with Crippen LogP contribution in [0.25, 0.3) is 0 Å². The van der Waals surface area contributed by atoms with Crippen LogP contribution in [0.4, 0.5) is 11.5 Å². The van der Waals surface area contributed by atoms with Crippen LogP contribution in [0.2, 0.25) is 0 Å². The predicted molar refractivity (Wildman–Crippen MR) is 102 cm³/mol. The first-order valence-electron chi connectivity index (χ1n) is 8.75. The maximum absolute atomic E-state index is 12.9. The van der Waals surface area contributed by atoms with Gasteiger partial charge in [-0.3, -0.25) is 10.1 Å². The number of hydrogen-bond acceptors (Lipinski definition) is 6. The number of nitro groups is 1. The Balaban J connectivity index is 1.74. The first-order valence-corrected chi connectivity index (χ1v) is 10.2. The van der Waals surface area contributed by atoms with Gasteiger partial charge in [0, 0.05) is 38.4 Å². The van der Waals surface area contributed by atoms with E-state index in [1.54, 1.807) is 17.0 Å². The van der Waals surface area contributed by atoms with Crippen molar-refractivity contribution in [2.45, 2.75) is 24.7 Å². The third kappa shape index (κ3) is 3.93. The molecule has 0 aliphatic carbocycles. The van der Waals surface area contributed by atoms with Crippen molar-refractivity contribution in [1.29, 1.82) is 0 Å². The molecule has 2 heterocycles. The molecule has 0 saturated carbocycles. The van der Waals surface area contributed by atoms with Gasteiger partial charge < -0.3 is 4.90 Å². The number of piperazine rings is 1. The fourth-order valence-corrected chi connectivity index (χ4v) is 4.51. The van der Waals surface area contributed by atoms with E-state index in [4.69, 9.17) is 0 Å². The van der Waals surface area contributed by atoms with E-state index in [0.717, 1.165) is 5.56 Å². The third-order valence-electron chi connectivity index (χ3n) is 4.69. The number of anilines is 1. The van der Waals surface area contributed by atoms with Crippen molar-refractivity contribution in [1.82, 2.24) is 9.29 Å². The topological polar surface area (TPSA) is 96.7 Å². The molecule has 1 fully saturated rings. The Hall–Kier alpha value is -2.52. The number of aromatic nitrogens is 1. The van der Waals surface area contributed by atoms with E-state index >= 15 is 0 Å². The van der Waals surface area contributed by atoms with Crippen molar-refractivity contribution < 1.29 is 13.3 Å². The molecule has 0 unspecified atom stereocenters. The molecule has 0 spiro atoms. The summed E-state index contributed by atoms with van der Waals surface area (Å²) in [4.78, 5) is 16.8. The number of nitrogens with zero attached hydrogens (tertiary/aromatic N) is 4. The van der Waals surface area contributed by atoms with Gasteiger partial charge in [0.2, 0.25) is 15.8 Å². The van der Waals surface area contributed by atoms with Crippen LogP contribution in [0.3, 0.4) is 0 Å². The average Bonchev–Trinajstić information content (AvgIpc) is 2.68. The van der Waals surface area contributed by atoms with Crippen molar-refractivity contribution in [3.05, 3.63) is 58.3 Å². The fraction of sp³-hybridized carbons (Fsp3) is 0.389. The highest BCUT2D eigenvalue weighted by molar-refractivity contribution is 7.89. The minimum Gasteiger partial charge on any atom is -0.348 e. The van der Waals surface area contributed by atoms with E-state index in [2.05, 4.69) is 18.8 Å². The highest BCUT2D eigenvalue weighted by atomic mass is 32.2. The molecule has 8 nitrogen and oxygen atoms in total. The van der Waals surface area contributed by atoms with E-state index in [0.29, 0.717) is 19.0 Å². The van der Waals surface area contributed by atoms with Crippen LogP contribution >= 0.6 is 0 Å². The second-order valence-electron chi connectivity index (χ2n) is 6.72. The highest BCUT2D eigenvalue weighted by Gasteiger charge is 2.31. The third-order valence-corrected chi connectivity index (χ3v) is 6.60. The van der Waals surface area contributed by atoms with Gasteiger partial charge in [0.25, 0.3) is 0 Å². The summed E-state index contributed by atoms with van der Waals surface area (Å²) < 4.78 is 27.2. The molecular weight excluding hydrogens is 368 g/mol. The monoisotopic (exact) mass is 390 g/mol. The summed E-state index contributed by atoms with van der Waals surface area (Å²) in [5.74, 6) is 0.611. The van der Waals surface area contributed by atoms with Crippen LogP contribution in [0, 0.1) is 10.1 Å². The van der Waals surface area contributed by atoms with Crippen LogP contribution in [0.15, 0.2) is 47.5 Å². The molecule has 1 aliphatic rings. The minimum atomic E-state index is -3.58. The van der Waals surface area contributed by atoms with Crippen molar-refractivity contribution in [2.75, 3.05) is 31.1 Å². The Bertz CT molecular complexity index is 921. The van der Waals surface area contributed by atoms with Gasteiger partial charge in [-0.15, -0.1) is 0 Å². The molecule has 1 aromatic carbocycles. The number of benzene rings is 1. The zero-order valence-corrected chi connectivity index (χ0v) is 16.1. The molecule has 144 valence electrons. The molecule has 9 heteroatoms. The van der Waals surface area contributed by atoms with Crippen LogP contribution in [-0.2, 0) is 10.0 Å². The molecule has 2 aromatic rings. The fourth-order valence-electron chi connectivity index (χ4n) is 3.09. The summed E-state index contributed by atoms with van der Waals surface area (Å²) in [7, 11) is -3.58. The van der Waals surface area contributed by atoms with Gasteiger partial charge in [-0.2, -0.15) is 4.31 Å². The van der Waals surface area contributed by atoms with E-state index in [9.17, 15) is 18.5 Å². The summed E-state index contributed by atoms with van der Waals surface area (Å²) in [5, 5.41) is 11.2. The Morgan fingerprint density at radius 1 is 1.07 bits per heavy atom. The first-order chi connectivity index (χ1) is 12.8. The lowest BCUT2D eigenvalue weighted by molar-refractivity contribution is -0.384. The van der Waals surface area contributed by atoms with E-state index < -0.39 is 14.9 Å². The van der Waals surface area contributed by atoms with Crippen LogP contribution in [0.1, 0.15) is 25.3 Å². The maximum Gasteiger partial charge on any atom is 0.311 e. The average molecular weight is 390 g/mol. The van der Waals surface area contributed by atoms with Gasteiger partial charge in [0.1, 0.15) is 0 Å². The lowest BCUT2D eigenvalue weighted by Gasteiger charge is -2.34. The van der Waals surface area contributed by atoms with Crippen molar-refractivity contribution >= 4 is 21.5 Å². The molecule has 0 radical (unpaired) electrons. The minimum absolute atomic E-state index is 0.0712. The molecular formula is C18H22N4O4S. The summed E-state index contributed by atoms with van der Waals surface area (Å²) in [6, 6.07) is 9.88. The second-order valence-corrected chi connectivity index (χ2v) is 8.66. The molecule has 0 bridgehead atoms. The Morgan fingerprint density at radius 2 is 1.70 bits per heavy atom. The van der Waals surface area contributed by atoms with Gasteiger partial charge in [-0.25, -0.2) is 13.4 Å². The molecule has 0 amide bonds. The second kappa shape index (κ2) is 7.61. The molecule has 1 saturated heterocycles. The molecule has 27 heavy (non-hydrogen) atoms. The van der Waals surface area contributed by atoms with Gasteiger partial charge in [-0.05, 0) is 29.7 Å². The molecule has 3 rings (SSSR count). The number of sulfonamides is 1. The zero-order valence-electron chi connectivity index (χ0n) is 15.3. The lowest BCUT2D eigenvalue weighted by atomic mass is 10.0. The summed E-state index contributed by atoms with van der Waals surface area (Å²) >= 11 is 0. The highest BCUT2D eigenvalue weighted by Crippen LogP contribution is 2.27. The summed E-state index contributed by atoms with van der Waals surface area (Å²) in [6.45, 7) is 5.31. The zero-order chi connectivity index (χ0) is 19.6. The Morgan fingerprint density at radius 3 is 2.26 bits per heavy atom. The Kier molecular flexibility index (Phi) is 5.43. The van der Waals surface area contributed by atoms with E-state index in [-0.39, 0.29) is 29.5 Å². The first kappa shape index (κ1) is 19.2.